The molecule has 2 fully saturated rings. The fourth-order valence-electron chi connectivity index (χ4n) is 4.34. The van der Waals surface area contributed by atoms with Gasteiger partial charge in [-0.3, -0.25) is 4.79 Å². The van der Waals surface area contributed by atoms with Crippen LogP contribution in [0.3, 0.4) is 0 Å². The van der Waals surface area contributed by atoms with E-state index in [0.717, 1.165) is 12.8 Å². The lowest BCUT2D eigenvalue weighted by Gasteiger charge is -2.56. The second-order valence-corrected chi connectivity index (χ2v) is 7.18. The third kappa shape index (κ3) is 3.00. The number of hydrogen-bond donors (Lipinski definition) is 4. The SMILES string of the molecule is C=CCCC[C@@H](C)C(O)[C@@]12NC(=O)[C@H](CCB(O)O)[C@]1(CC)OC2=O. The number of carbonyl (C=O) groups excluding carboxylic acids is 2. The van der Waals surface area contributed by atoms with Crippen molar-refractivity contribution in [2.45, 2.75) is 69.5 Å². The molecule has 5 atom stereocenters. The van der Waals surface area contributed by atoms with Gasteiger partial charge >= 0.3 is 13.1 Å². The summed E-state index contributed by atoms with van der Waals surface area (Å²) in [5.74, 6) is -1.91. The van der Waals surface area contributed by atoms with Gasteiger partial charge in [0.05, 0.1) is 12.0 Å². The Morgan fingerprint density at radius 3 is 2.64 bits per heavy atom. The molecule has 0 saturated carbocycles. The normalized spacial score (nSPS) is 32.9. The molecule has 25 heavy (non-hydrogen) atoms. The molecular weight excluding hydrogens is 325 g/mol. The smallest absolute Gasteiger partial charge is 0.451 e. The fourth-order valence-corrected chi connectivity index (χ4v) is 4.34. The molecule has 0 aromatic heterocycles. The number of aliphatic hydroxyl groups is 1. The van der Waals surface area contributed by atoms with E-state index >= 15 is 0 Å². The Morgan fingerprint density at radius 2 is 2.12 bits per heavy atom. The lowest BCUT2D eigenvalue weighted by molar-refractivity contribution is -0.245. The molecular formula is C17H28BNO6. The number of aliphatic hydroxyl groups excluding tert-OH is 1. The van der Waals surface area contributed by atoms with Gasteiger partial charge in [0.15, 0.2) is 5.60 Å². The summed E-state index contributed by atoms with van der Waals surface area (Å²) in [5, 5.41) is 31.9. The number of amides is 1. The average Bonchev–Trinajstić information content (AvgIpc) is 2.76. The van der Waals surface area contributed by atoms with Crippen molar-refractivity contribution in [3.63, 3.8) is 0 Å². The third-order valence-electron chi connectivity index (χ3n) is 5.75. The molecule has 4 N–H and O–H groups in total. The number of allylic oxidation sites excluding steroid dienone is 1. The van der Waals surface area contributed by atoms with E-state index in [9.17, 15) is 14.7 Å². The lowest BCUT2D eigenvalue weighted by Crippen LogP contribution is -2.80. The van der Waals surface area contributed by atoms with Crippen molar-refractivity contribution >= 4 is 19.0 Å². The van der Waals surface area contributed by atoms with Crippen molar-refractivity contribution < 1.29 is 29.5 Å². The van der Waals surface area contributed by atoms with Gasteiger partial charge in [0, 0.05) is 0 Å². The predicted octanol–water partition coefficient (Wildman–Crippen LogP) is 0.393. The molecule has 0 spiro atoms. The van der Waals surface area contributed by atoms with Crippen molar-refractivity contribution in [1.82, 2.24) is 5.32 Å². The van der Waals surface area contributed by atoms with Crippen LogP contribution in [0.25, 0.3) is 0 Å². The summed E-state index contributed by atoms with van der Waals surface area (Å²) in [4.78, 5) is 24.9. The molecule has 7 nitrogen and oxygen atoms in total. The molecule has 2 aliphatic rings. The maximum atomic E-state index is 12.5. The summed E-state index contributed by atoms with van der Waals surface area (Å²) in [5.41, 5.74) is -2.58. The summed E-state index contributed by atoms with van der Waals surface area (Å²) in [7, 11) is -1.53. The first-order valence-corrected chi connectivity index (χ1v) is 8.97. The molecule has 0 aromatic carbocycles. The van der Waals surface area contributed by atoms with Crippen LogP contribution in [-0.4, -0.2) is 51.4 Å². The number of hydrogen-bond acceptors (Lipinski definition) is 6. The molecule has 0 aliphatic carbocycles. The van der Waals surface area contributed by atoms with Gasteiger partial charge in [-0.1, -0.05) is 19.9 Å². The van der Waals surface area contributed by atoms with Crippen LogP contribution in [0.2, 0.25) is 6.32 Å². The molecule has 2 heterocycles. The van der Waals surface area contributed by atoms with Crippen LogP contribution in [0.15, 0.2) is 12.7 Å². The first-order chi connectivity index (χ1) is 11.8. The monoisotopic (exact) mass is 353 g/mol. The minimum Gasteiger partial charge on any atom is -0.453 e. The second-order valence-electron chi connectivity index (χ2n) is 7.18. The van der Waals surface area contributed by atoms with Crippen LogP contribution >= 0.6 is 0 Å². The first kappa shape index (κ1) is 19.9. The van der Waals surface area contributed by atoms with Gasteiger partial charge in [-0.05, 0) is 44.3 Å². The van der Waals surface area contributed by atoms with Gasteiger partial charge in [0.2, 0.25) is 11.4 Å². The zero-order valence-corrected chi connectivity index (χ0v) is 14.9. The maximum Gasteiger partial charge on any atom is 0.451 e. The van der Waals surface area contributed by atoms with Crippen molar-refractivity contribution in [3.8, 4) is 0 Å². The Balaban J connectivity index is 2.25. The quantitative estimate of drug-likeness (QED) is 0.195. The summed E-state index contributed by atoms with van der Waals surface area (Å²) >= 11 is 0. The molecule has 0 aromatic rings. The number of fused-ring (bicyclic) bond motifs is 1. The number of carbonyl (C=O) groups is 2. The van der Waals surface area contributed by atoms with E-state index in [4.69, 9.17) is 14.8 Å². The highest BCUT2D eigenvalue weighted by Gasteiger charge is 2.80. The first-order valence-electron chi connectivity index (χ1n) is 8.97. The topological polar surface area (TPSA) is 116 Å². The minimum atomic E-state index is -1.53. The van der Waals surface area contributed by atoms with Gasteiger partial charge in [0.25, 0.3) is 0 Å². The third-order valence-corrected chi connectivity index (χ3v) is 5.75. The lowest BCUT2D eigenvalue weighted by atomic mass is 9.62. The highest BCUT2D eigenvalue weighted by atomic mass is 16.6. The van der Waals surface area contributed by atoms with Gasteiger partial charge in [-0.2, -0.15) is 0 Å². The number of ether oxygens (including phenoxy) is 1. The molecule has 2 aliphatic heterocycles. The number of rotatable bonds is 10. The Morgan fingerprint density at radius 1 is 1.44 bits per heavy atom. The Hall–Kier alpha value is -1.38. The van der Waals surface area contributed by atoms with Gasteiger partial charge in [-0.15, -0.1) is 6.58 Å². The van der Waals surface area contributed by atoms with Crippen molar-refractivity contribution in [1.29, 1.82) is 0 Å². The van der Waals surface area contributed by atoms with Crippen LogP contribution in [0, 0.1) is 11.8 Å². The van der Waals surface area contributed by atoms with E-state index in [1.165, 1.54) is 0 Å². The molecule has 0 radical (unpaired) electrons. The van der Waals surface area contributed by atoms with E-state index < -0.39 is 36.2 Å². The van der Waals surface area contributed by atoms with Gasteiger partial charge in [-0.25, -0.2) is 4.79 Å². The summed E-state index contributed by atoms with van der Waals surface area (Å²) in [6, 6.07) is 0. The van der Waals surface area contributed by atoms with E-state index in [2.05, 4.69) is 11.9 Å². The molecule has 0 bridgehead atoms. The molecule has 8 heteroatoms. The highest BCUT2D eigenvalue weighted by Crippen LogP contribution is 2.55. The highest BCUT2D eigenvalue weighted by molar-refractivity contribution is 6.41. The largest absolute Gasteiger partial charge is 0.453 e. The molecule has 1 unspecified atom stereocenters. The van der Waals surface area contributed by atoms with Crippen molar-refractivity contribution in [2.24, 2.45) is 11.8 Å². The van der Waals surface area contributed by atoms with Crippen LogP contribution in [0.5, 0.6) is 0 Å². The van der Waals surface area contributed by atoms with E-state index in [1.54, 1.807) is 13.0 Å². The van der Waals surface area contributed by atoms with Crippen LogP contribution in [0.1, 0.15) is 46.0 Å². The van der Waals surface area contributed by atoms with Crippen molar-refractivity contribution in [2.75, 3.05) is 0 Å². The van der Waals surface area contributed by atoms with Crippen molar-refractivity contribution in [3.05, 3.63) is 12.7 Å². The zero-order chi connectivity index (χ0) is 18.8. The van der Waals surface area contributed by atoms with E-state index in [0.29, 0.717) is 12.8 Å². The minimum absolute atomic E-state index is 0.00154. The number of unbranched alkanes of at least 4 members (excludes halogenated alkanes) is 1. The van der Waals surface area contributed by atoms with E-state index in [-0.39, 0.29) is 24.6 Å². The van der Waals surface area contributed by atoms with Gasteiger partial charge < -0.3 is 25.2 Å². The Kier molecular flexibility index (Phi) is 5.96. The Labute approximate surface area is 148 Å². The van der Waals surface area contributed by atoms with Crippen LogP contribution < -0.4 is 5.32 Å². The summed E-state index contributed by atoms with van der Waals surface area (Å²) in [6.45, 7) is 7.33. The molecule has 140 valence electrons. The molecule has 2 saturated heterocycles. The number of nitrogens with one attached hydrogen (secondary N) is 1. The standard InChI is InChI=1S/C17H28BNO6/c1-4-6-7-8-11(3)13(20)17-15(22)25-16(17,5-2)12(14(21)19-17)9-10-18(23)24/h4,11-13,20,23-24H,1,5-10H2,2-3H3,(H,19,21)/t11-,12+,13?,16+,17+/m1/s1. The fraction of sp³-hybridized carbons (Fsp3) is 0.765. The van der Waals surface area contributed by atoms with Gasteiger partial charge in [0.1, 0.15) is 0 Å². The Bertz CT molecular complexity index is 541. The average molecular weight is 353 g/mol. The summed E-state index contributed by atoms with van der Waals surface area (Å²) in [6.07, 6.45) is 3.61. The maximum absolute atomic E-state index is 12.5. The molecule has 1 amide bonds. The summed E-state index contributed by atoms with van der Waals surface area (Å²) < 4.78 is 5.45. The van der Waals surface area contributed by atoms with Crippen LogP contribution in [-0.2, 0) is 14.3 Å². The van der Waals surface area contributed by atoms with E-state index in [1.807, 2.05) is 6.92 Å². The number of esters is 1. The zero-order valence-electron chi connectivity index (χ0n) is 14.9. The second kappa shape index (κ2) is 7.47. The van der Waals surface area contributed by atoms with Crippen LogP contribution in [0.4, 0.5) is 0 Å². The molecule has 2 rings (SSSR count). The predicted molar refractivity (Wildman–Crippen MR) is 92.3 cm³/mol.